The van der Waals surface area contributed by atoms with Gasteiger partial charge in [0.25, 0.3) is 5.91 Å². The Labute approximate surface area is 128 Å². The summed E-state index contributed by atoms with van der Waals surface area (Å²) in [5, 5.41) is 19.2. The normalized spacial score (nSPS) is 28.4. The Balaban J connectivity index is 1.79. The van der Waals surface area contributed by atoms with Crippen LogP contribution in [-0.2, 0) is 11.3 Å². The van der Waals surface area contributed by atoms with Crippen LogP contribution in [0.25, 0.3) is 0 Å². The smallest absolute Gasteiger partial charge is 0.258 e. The fourth-order valence-electron chi connectivity index (χ4n) is 2.77. The summed E-state index contributed by atoms with van der Waals surface area (Å²) in [4.78, 5) is 13.2. The van der Waals surface area contributed by atoms with E-state index in [1.807, 2.05) is 4.90 Å². The van der Waals surface area contributed by atoms with Crippen molar-refractivity contribution in [3.63, 3.8) is 0 Å². The van der Waals surface area contributed by atoms with Crippen LogP contribution in [-0.4, -0.2) is 59.0 Å². The largest absolute Gasteiger partial charge is 0.489 e. The molecule has 0 saturated carbocycles. The van der Waals surface area contributed by atoms with E-state index in [0.29, 0.717) is 44.2 Å². The number of hydrogen-bond acceptors (Lipinski definition) is 6. The summed E-state index contributed by atoms with van der Waals surface area (Å²) in [6.45, 7) is 1.63. The summed E-state index contributed by atoms with van der Waals surface area (Å²) in [6, 6.07) is 6.36. The number of likely N-dealkylation sites (tertiary alicyclic amines) is 1. The van der Waals surface area contributed by atoms with Crippen molar-refractivity contribution in [3.05, 3.63) is 23.8 Å². The molecule has 3 rings (SSSR count). The fraction of sp³-hybridized carbons (Fsp3) is 0.533. The molecule has 7 nitrogen and oxygen atoms in total. The molecule has 2 aliphatic rings. The number of primary amides is 1. The average molecular weight is 307 g/mol. The van der Waals surface area contributed by atoms with Gasteiger partial charge in [-0.25, -0.2) is 0 Å². The highest BCUT2D eigenvalue weighted by atomic mass is 16.5. The highest BCUT2D eigenvalue weighted by molar-refractivity contribution is 5.79. The van der Waals surface area contributed by atoms with Crippen LogP contribution >= 0.6 is 0 Å². The molecular weight excluding hydrogens is 288 g/mol. The Bertz CT molecular complexity index is 555. The van der Waals surface area contributed by atoms with Gasteiger partial charge in [-0.1, -0.05) is 0 Å². The van der Waals surface area contributed by atoms with Crippen molar-refractivity contribution in [2.75, 3.05) is 19.7 Å². The number of carbonyl (C=O) groups excluding carboxylic acids is 1. The second-order valence-corrected chi connectivity index (χ2v) is 5.65. The minimum absolute atomic E-state index is 0.336. The number of benzene rings is 1. The maximum Gasteiger partial charge on any atom is 0.258 e. The van der Waals surface area contributed by atoms with Crippen molar-refractivity contribution in [1.82, 2.24) is 4.90 Å². The second-order valence-electron chi connectivity index (χ2n) is 5.65. The van der Waals surface area contributed by atoms with Crippen molar-refractivity contribution >= 4 is 5.91 Å². The van der Waals surface area contributed by atoms with Gasteiger partial charge in [0.05, 0.1) is 18.8 Å². The first kappa shape index (κ1) is 15.1. The van der Waals surface area contributed by atoms with Crippen LogP contribution in [0.15, 0.2) is 12.1 Å². The zero-order chi connectivity index (χ0) is 15.7. The van der Waals surface area contributed by atoms with E-state index in [9.17, 15) is 15.0 Å². The molecule has 2 aliphatic heterocycles. The first-order valence-electron chi connectivity index (χ1n) is 7.25. The van der Waals surface area contributed by atoms with E-state index in [2.05, 4.69) is 6.07 Å². The number of aliphatic hydroxyl groups is 2. The van der Waals surface area contributed by atoms with Crippen molar-refractivity contribution in [3.8, 4) is 11.5 Å². The highest BCUT2D eigenvalue weighted by Gasteiger charge is 2.31. The van der Waals surface area contributed by atoms with Gasteiger partial charge in [0, 0.05) is 31.6 Å². The topological polar surface area (TPSA) is 105 Å². The van der Waals surface area contributed by atoms with Gasteiger partial charge < -0.3 is 25.4 Å². The molecule has 119 valence electrons. The molecule has 0 aliphatic carbocycles. The van der Waals surface area contributed by atoms with E-state index in [1.54, 1.807) is 12.1 Å². The summed E-state index contributed by atoms with van der Waals surface area (Å²) in [5.74, 6) is 0.491. The van der Waals surface area contributed by atoms with Crippen LogP contribution < -0.4 is 15.2 Å². The number of fused-ring (bicyclic) bond motifs is 1. The average Bonchev–Trinajstić information content (AvgIpc) is 2.68. The third kappa shape index (κ3) is 3.01. The van der Waals surface area contributed by atoms with Gasteiger partial charge in [0.2, 0.25) is 0 Å². The van der Waals surface area contributed by atoms with Crippen LogP contribution in [0.2, 0.25) is 0 Å². The molecule has 4 N–H and O–H groups in total. The minimum atomic E-state index is -0.734. The molecular formula is C15H19N2O5. The van der Waals surface area contributed by atoms with E-state index in [-0.39, 0.29) is 0 Å². The Morgan fingerprint density at radius 3 is 2.77 bits per heavy atom. The van der Waals surface area contributed by atoms with Gasteiger partial charge >= 0.3 is 0 Å². The fourth-order valence-corrected chi connectivity index (χ4v) is 2.77. The van der Waals surface area contributed by atoms with E-state index in [1.165, 1.54) is 0 Å². The number of hydrogen-bond donors (Lipinski definition) is 3. The number of nitrogens with zero attached hydrogens (tertiary/aromatic N) is 1. The standard InChI is InChI=1S/C15H19N2O5/c16-15(20)13-4-5-21-14-9(2-1-3-12(14)22-13)6-17-7-10(18)11(19)8-17/h2-3,10-11,13,18-19H,4-8H2,(H2,16,20). The molecule has 7 heteroatoms. The third-order valence-corrected chi connectivity index (χ3v) is 3.93. The van der Waals surface area contributed by atoms with Crippen LogP contribution in [0.4, 0.5) is 0 Å². The maximum absolute atomic E-state index is 11.3. The Hall–Kier alpha value is -1.83. The van der Waals surface area contributed by atoms with Gasteiger partial charge in [-0.3, -0.25) is 9.69 Å². The number of β-amino-alcohol motifs (C(OH)–C–C–N with tert-alkyl or cyclic N) is 2. The van der Waals surface area contributed by atoms with Crippen LogP contribution in [0.5, 0.6) is 11.5 Å². The number of ether oxygens (including phenoxy) is 2. The SMILES string of the molecule is NC(=O)C1CCOc2c(CN3CC(O)C(O)C3)c[c]cc2O1. The van der Waals surface area contributed by atoms with E-state index in [0.717, 1.165) is 5.56 Å². The molecule has 1 saturated heterocycles. The number of amides is 1. The van der Waals surface area contributed by atoms with Crippen LogP contribution in [0, 0.1) is 6.07 Å². The predicted molar refractivity (Wildman–Crippen MR) is 76.3 cm³/mol. The first-order valence-corrected chi connectivity index (χ1v) is 7.25. The zero-order valence-corrected chi connectivity index (χ0v) is 12.1. The molecule has 3 unspecified atom stereocenters. The lowest BCUT2D eigenvalue weighted by atomic mass is 10.1. The molecule has 1 fully saturated rings. The van der Waals surface area contributed by atoms with Crippen LogP contribution in [0.1, 0.15) is 12.0 Å². The van der Waals surface area contributed by atoms with Gasteiger partial charge in [-0.15, -0.1) is 0 Å². The molecule has 1 aromatic rings. The lowest BCUT2D eigenvalue weighted by molar-refractivity contribution is -0.124. The van der Waals surface area contributed by atoms with Gasteiger partial charge in [0.15, 0.2) is 17.6 Å². The molecule has 1 radical (unpaired) electrons. The molecule has 0 spiro atoms. The van der Waals surface area contributed by atoms with Crippen molar-refractivity contribution < 1.29 is 24.5 Å². The quantitative estimate of drug-likeness (QED) is 0.664. The molecule has 3 atom stereocenters. The summed E-state index contributed by atoms with van der Waals surface area (Å²) >= 11 is 0. The second kappa shape index (κ2) is 6.12. The summed E-state index contributed by atoms with van der Waals surface area (Å²) < 4.78 is 11.3. The number of rotatable bonds is 3. The Morgan fingerprint density at radius 2 is 2.09 bits per heavy atom. The molecule has 1 aromatic carbocycles. The van der Waals surface area contributed by atoms with Crippen molar-refractivity contribution in [2.24, 2.45) is 5.73 Å². The maximum atomic E-state index is 11.3. The number of nitrogens with two attached hydrogens (primary N) is 1. The lowest BCUT2D eigenvalue weighted by Gasteiger charge is -2.18. The highest BCUT2D eigenvalue weighted by Crippen LogP contribution is 2.35. The Morgan fingerprint density at radius 1 is 1.36 bits per heavy atom. The summed E-state index contributed by atoms with van der Waals surface area (Å²) in [7, 11) is 0. The zero-order valence-electron chi connectivity index (χ0n) is 12.1. The minimum Gasteiger partial charge on any atom is -0.489 e. The van der Waals surface area contributed by atoms with E-state index < -0.39 is 24.2 Å². The Kier molecular flexibility index (Phi) is 4.19. The van der Waals surface area contributed by atoms with E-state index in [4.69, 9.17) is 15.2 Å². The number of carbonyl (C=O) groups is 1. The van der Waals surface area contributed by atoms with Gasteiger partial charge in [-0.2, -0.15) is 0 Å². The van der Waals surface area contributed by atoms with Crippen molar-refractivity contribution in [1.29, 1.82) is 0 Å². The van der Waals surface area contributed by atoms with Gasteiger partial charge in [-0.05, 0) is 18.2 Å². The summed E-state index contributed by atoms with van der Waals surface area (Å²) in [5.41, 5.74) is 6.14. The monoisotopic (exact) mass is 307 g/mol. The molecule has 0 aromatic heterocycles. The summed E-state index contributed by atoms with van der Waals surface area (Å²) in [6.07, 6.45) is -1.78. The molecule has 1 amide bonds. The van der Waals surface area contributed by atoms with Crippen LogP contribution in [0.3, 0.4) is 0 Å². The molecule has 0 bridgehead atoms. The lowest BCUT2D eigenvalue weighted by Crippen LogP contribution is -2.33. The first-order chi connectivity index (χ1) is 10.5. The predicted octanol–water partition coefficient (Wildman–Crippen LogP) is -0.961. The van der Waals surface area contributed by atoms with Crippen molar-refractivity contribution in [2.45, 2.75) is 31.3 Å². The van der Waals surface area contributed by atoms with Gasteiger partial charge in [0.1, 0.15) is 0 Å². The van der Waals surface area contributed by atoms with E-state index >= 15 is 0 Å². The third-order valence-electron chi connectivity index (χ3n) is 3.93. The number of aliphatic hydroxyl groups excluding tert-OH is 2. The molecule has 2 heterocycles. The molecule has 22 heavy (non-hydrogen) atoms.